The molecule has 4 heterocycles. The number of carbonyl (C=O) groups excluding carboxylic acids is 1. The first-order valence-electron chi connectivity index (χ1n) is 12.7. The second kappa shape index (κ2) is 12.3. The van der Waals surface area contributed by atoms with Gasteiger partial charge >= 0.3 is 5.69 Å². The monoisotopic (exact) mass is 548 g/mol. The molecule has 5 rings (SSSR count). The molecule has 12 nitrogen and oxygen atoms in total. The molecule has 1 unspecified atom stereocenters. The van der Waals surface area contributed by atoms with Crippen LogP contribution in [-0.2, 0) is 28.1 Å². The SMILES string of the molecule is COCCO[C@H]1C(O[P@@]2O[C@H](c3ccccc3)[C@@H]3CCCN32)[C@@H](CO)O[C@H]1n1ccc(NC(C)=O)nc1=O. The molecule has 3 fully saturated rings. The summed E-state index contributed by atoms with van der Waals surface area (Å²) in [7, 11) is 0.101. The Hall–Kier alpha value is -2.28. The van der Waals surface area contributed by atoms with Crippen molar-refractivity contribution in [3.05, 3.63) is 58.6 Å². The van der Waals surface area contributed by atoms with Crippen LogP contribution in [0, 0.1) is 0 Å². The molecule has 3 aliphatic rings. The highest BCUT2D eigenvalue weighted by Crippen LogP contribution is 2.61. The predicted molar refractivity (Wildman–Crippen MR) is 137 cm³/mol. The van der Waals surface area contributed by atoms with Gasteiger partial charge in [0.05, 0.1) is 19.8 Å². The van der Waals surface area contributed by atoms with Crippen LogP contribution in [0.3, 0.4) is 0 Å². The number of methoxy groups -OCH3 is 1. The van der Waals surface area contributed by atoms with Gasteiger partial charge in [0.15, 0.2) is 6.23 Å². The molecule has 3 aliphatic heterocycles. The zero-order chi connectivity index (χ0) is 26.6. The third-order valence-electron chi connectivity index (χ3n) is 6.84. The number of carbonyl (C=O) groups is 1. The van der Waals surface area contributed by atoms with Crippen LogP contribution in [-0.4, -0.2) is 83.1 Å². The number of aromatic nitrogens is 2. The Labute approximate surface area is 221 Å². The minimum atomic E-state index is -1.47. The maximum Gasteiger partial charge on any atom is 0.351 e. The number of hydrogen-bond donors (Lipinski definition) is 2. The van der Waals surface area contributed by atoms with E-state index in [0.717, 1.165) is 24.9 Å². The van der Waals surface area contributed by atoms with Crippen LogP contribution in [0.4, 0.5) is 5.82 Å². The van der Waals surface area contributed by atoms with E-state index in [9.17, 15) is 14.7 Å². The standard InChI is InChI=1S/C25H33N4O8P/c1-16(31)26-20-10-12-28(25(32)27-20)24-23(34-14-13-33-2)22(19(15-30)35-24)37-38-29-11-6-9-18(29)21(36-38)17-7-4-3-5-8-17/h3-5,7-8,10,12,18-19,21-24,30H,6,9,11,13-15H2,1-2H3,(H,26,27,31,32)/t18-,19+,21+,22?,23-,24+,38+/m0/s1. The van der Waals surface area contributed by atoms with Crippen molar-refractivity contribution in [2.24, 2.45) is 0 Å². The molecule has 2 N–H and O–H groups in total. The van der Waals surface area contributed by atoms with E-state index in [1.807, 2.05) is 18.2 Å². The highest BCUT2D eigenvalue weighted by Gasteiger charge is 2.53. The van der Waals surface area contributed by atoms with Crippen molar-refractivity contribution in [3.63, 3.8) is 0 Å². The summed E-state index contributed by atoms with van der Waals surface area (Å²) in [6.45, 7) is 2.39. The van der Waals surface area contributed by atoms with E-state index in [2.05, 4.69) is 27.1 Å². The lowest BCUT2D eigenvalue weighted by molar-refractivity contribution is -0.114. The normalized spacial score (nSPS) is 31.0. The number of amides is 1. The molecule has 0 aliphatic carbocycles. The summed E-state index contributed by atoms with van der Waals surface area (Å²) in [6.07, 6.45) is 0.258. The van der Waals surface area contributed by atoms with Gasteiger partial charge in [-0.05, 0) is 24.5 Å². The zero-order valence-electron chi connectivity index (χ0n) is 21.3. The number of benzene rings is 1. The molecule has 206 valence electrons. The number of aliphatic hydroxyl groups excluding tert-OH is 1. The average Bonchev–Trinajstić information content (AvgIpc) is 3.60. The van der Waals surface area contributed by atoms with E-state index in [1.54, 1.807) is 7.11 Å². The summed E-state index contributed by atoms with van der Waals surface area (Å²) >= 11 is 0. The molecule has 13 heteroatoms. The van der Waals surface area contributed by atoms with Crippen LogP contribution in [0.15, 0.2) is 47.4 Å². The van der Waals surface area contributed by atoms with Gasteiger partial charge in [-0.1, -0.05) is 30.3 Å². The molecule has 0 bridgehead atoms. The Morgan fingerprint density at radius 2 is 2.05 bits per heavy atom. The van der Waals surface area contributed by atoms with Crippen LogP contribution in [0.2, 0.25) is 0 Å². The Balaban J connectivity index is 1.40. The summed E-state index contributed by atoms with van der Waals surface area (Å²) < 4.78 is 34.0. The smallest absolute Gasteiger partial charge is 0.351 e. The van der Waals surface area contributed by atoms with Gasteiger partial charge in [0, 0.05) is 32.8 Å². The lowest BCUT2D eigenvalue weighted by atomic mass is 10.0. The minimum Gasteiger partial charge on any atom is -0.394 e. The molecule has 1 aromatic heterocycles. The fourth-order valence-corrected chi connectivity index (χ4v) is 7.13. The first-order valence-corrected chi connectivity index (χ1v) is 13.8. The number of rotatable bonds is 10. The Bertz CT molecular complexity index is 1150. The van der Waals surface area contributed by atoms with Crippen LogP contribution >= 0.6 is 8.53 Å². The lowest BCUT2D eigenvalue weighted by Crippen LogP contribution is -2.40. The van der Waals surface area contributed by atoms with Crippen molar-refractivity contribution in [3.8, 4) is 0 Å². The Kier molecular flexibility index (Phi) is 8.81. The first-order chi connectivity index (χ1) is 18.5. The predicted octanol–water partition coefficient (Wildman–Crippen LogP) is 1.97. The van der Waals surface area contributed by atoms with E-state index >= 15 is 0 Å². The van der Waals surface area contributed by atoms with Gasteiger partial charge in [-0.3, -0.25) is 9.36 Å². The molecule has 0 saturated carbocycles. The molecular formula is C25H33N4O8P. The van der Waals surface area contributed by atoms with Crippen LogP contribution in [0.1, 0.15) is 37.7 Å². The van der Waals surface area contributed by atoms with Gasteiger partial charge in [0.2, 0.25) is 5.91 Å². The third-order valence-corrected chi connectivity index (χ3v) is 8.59. The third kappa shape index (κ3) is 5.68. The summed E-state index contributed by atoms with van der Waals surface area (Å²) in [5.74, 6) is -0.204. The van der Waals surface area contributed by atoms with E-state index in [-0.39, 0.29) is 37.1 Å². The average molecular weight is 549 g/mol. The Morgan fingerprint density at radius 1 is 1.24 bits per heavy atom. The van der Waals surface area contributed by atoms with Gasteiger partial charge in [0.1, 0.15) is 30.2 Å². The lowest BCUT2D eigenvalue weighted by Gasteiger charge is -2.28. The maximum atomic E-state index is 12.9. The molecule has 38 heavy (non-hydrogen) atoms. The Morgan fingerprint density at radius 3 is 2.76 bits per heavy atom. The molecule has 2 aromatic rings. The van der Waals surface area contributed by atoms with Crippen molar-refractivity contribution in [1.82, 2.24) is 14.2 Å². The van der Waals surface area contributed by atoms with Gasteiger partial charge < -0.3 is 33.7 Å². The number of nitrogens with zero attached hydrogens (tertiary/aromatic N) is 3. The summed E-state index contributed by atoms with van der Waals surface area (Å²) in [6, 6.07) is 11.8. The highest BCUT2D eigenvalue weighted by molar-refractivity contribution is 7.45. The van der Waals surface area contributed by atoms with Gasteiger partial charge in [-0.25, -0.2) is 9.46 Å². The fraction of sp³-hybridized carbons (Fsp3) is 0.560. The number of hydrogen-bond acceptors (Lipinski definition) is 10. The second-order valence-electron chi connectivity index (χ2n) is 9.38. The molecule has 3 saturated heterocycles. The van der Waals surface area contributed by atoms with Crippen molar-refractivity contribution in [1.29, 1.82) is 0 Å². The quantitative estimate of drug-likeness (QED) is 0.335. The topological polar surface area (TPSA) is 134 Å². The summed E-state index contributed by atoms with van der Waals surface area (Å²) in [5, 5.41) is 12.7. The number of fused-ring (bicyclic) bond motifs is 1. The van der Waals surface area contributed by atoms with Gasteiger partial charge in [-0.2, -0.15) is 4.98 Å². The minimum absolute atomic E-state index is 0.114. The fourth-order valence-electron chi connectivity index (χ4n) is 5.14. The van der Waals surface area contributed by atoms with E-state index < -0.39 is 38.8 Å². The molecule has 7 atom stereocenters. The van der Waals surface area contributed by atoms with Crippen molar-refractivity contribution < 1.29 is 33.2 Å². The number of ether oxygens (including phenoxy) is 3. The highest BCUT2D eigenvalue weighted by atomic mass is 31.2. The first kappa shape index (κ1) is 27.3. The molecule has 1 amide bonds. The largest absolute Gasteiger partial charge is 0.394 e. The van der Waals surface area contributed by atoms with E-state index in [4.69, 9.17) is 23.3 Å². The number of anilines is 1. The number of aliphatic hydroxyl groups is 1. The van der Waals surface area contributed by atoms with Crippen molar-refractivity contribution in [2.45, 2.75) is 56.5 Å². The zero-order valence-corrected chi connectivity index (χ0v) is 22.2. The molecule has 0 radical (unpaired) electrons. The van der Waals surface area contributed by atoms with Gasteiger partial charge in [-0.15, -0.1) is 0 Å². The van der Waals surface area contributed by atoms with Crippen LogP contribution < -0.4 is 11.0 Å². The van der Waals surface area contributed by atoms with Crippen molar-refractivity contribution >= 4 is 20.3 Å². The maximum absolute atomic E-state index is 12.9. The van der Waals surface area contributed by atoms with E-state index in [1.165, 1.54) is 23.8 Å². The summed E-state index contributed by atoms with van der Waals surface area (Å²) in [5.41, 5.74) is 0.465. The molecule has 0 spiro atoms. The van der Waals surface area contributed by atoms with Gasteiger partial charge in [0.25, 0.3) is 8.53 Å². The van der Waals surface area contributed by atoms with Crippen LogP contribution in [0.5, 0.6) is 0 Å². The van der Waals surface area contributed by atoms with Crippen LogP contribution in [0.25, 0.3) is 0 Å². The number of nitrogens with one attached hydrogen (secondary N) is 1. The van der Waals surface area contributed by atoms with E-state index in [0.29, 0.717) is 6.61 Å². The summed E-state index contributed by atoms with van der Waals surface area (Å²) in [4.78, 5) is 28.2. The molecular weight excluding hydrogens is 515 g/mol. The molecule has 1 aromatic carbocycles. The second-order valence-corrected chi connectivity index (χ2v) is 10.8. The van der Waals surface area contributed by atoms with Crippen molar-refractivity contribution in [2.75, 3.05) is 38.8 Å².